The third-order valence-electron chi connectivity index (χ3n) is 3.43. The summed E-state index contributed by atoms with van der Waals surface area (Å²) in [5.41, 5.74) is 0.847. The molecule has 3 nitrogen and oxygen atoms in total. The first kappa shape index (κ1) is 15.7. The van der Waals surface area contributed by atoms with Gasteiger partial charge in [-0.15, -0.1) is 11.8 Å². The second-order valence-electron chi connectivity index (χ2n) is 5.36. The summed E-state index contributed by atoms with van der Waals surface area (Å²) in [6.07, 6.45) is 6.98. The molecular formula is C17H20N2OS. The maximum absolute atomic E-state index is 12.1. The summed E-state index contributed by atoms with van der Waals surface area (Å²) < 4.78 is 0. The number of rotatable bonds is 6. The van der Waals surface area contributed by atoms with Crippen LogP contribution in [-0.2, 0) is 4.79 Å². The van der Waals surface area contributed by atoms with E-state index >= 15 is 0 Å². The molecule has 21 heavy (non-hydrogen) atoms. The van der Waals surface area contributed by atoms with Crippen molar-refractivity contribution in [3.8, 4) is 6.07 Å². The fourth-order valence-corrected chi connectivity index (χ4v) is 3.21. The average Bonchev–Trinajstić information content (AvgIpc) is 2.98. The Morgan fingerprint density at radius 2 is 2.33 bits per heavy atom. The average molecular weight is 300 g/mol. The van der Waals surface area contributed by atoms with Crippen molar-refractivity contribution in [3.05, 3.63) is 36.4 Å². The van der Waals surface area contributed by atoms with Crippen molar-refractivity contribution in [2.45, 2.75) is 31.1 Å². The van der Waals surface area contributed by atoms with Crippen LogP contribution in [0.15, 0.2) is 41.3 Å². The number of nitrogens with zero attached hydrogens (tertiary/aromatic N) is 1. The number of para-hydroxylation sites is 1. The minimum atomic E-state index is 0.00221. The van der Waals surface area contributed by atoms with E-state index in [1.807, 2.05) is 31.2 Å². The number of nitriles is 1. The molecule has 2 atom stereocenters. The van der Waals surface area contributed by atoms with E-state index < -0.39 is 0 Å². The number of carbonyl (C=O) groups is 1. The molecule has 0 aromatic heterocycles. The van der Waals surface area contributed by atoms with Gasteiger partial charge in [0, 0.05) is 17.1 Å². The third kappa shape index (κ3) is 4.95. The lowest BCUT2D eigenvalue weighted by molar-refractivity contribution is -0.116. The van der Waals surface area contributed by atoms with Gasteiger partial charge >= 0.3 is 0 Å². The Kier molecular flexibility index (Phi) is 5.89. The summed E-state index contributed by atoms with van der Waals surface area (Å²) in [5, 5.41) is 11.8. The first-order valence-corrected chi connectivity index (χ1v) is 8.25. The van der Waals surface area contributed by atoms with Crippen molar-refractivity contribution in [3.63, 3.8) is 0 Å². The van der Waals surface area contributed by atoms with Crippen LogP contribution >= 0.6 is 11.8 Å². The van der Waals surface area contributed by atoms with Gasteiger partial charge in [-0.2, -0.15) is 5.26 Å². The molecule has 0 fully saturated rings. The molecule has 1 aromatic carbocycles. The Labute approximate surface area is 130 Å². The molecule has 4 heteroatoms. The second kappa shape index (κ2) is 7.90. The van der Waals surface area contributed by atoms with E-state index in [1.165, 1.54) is 0 Å². The van der Waals surface area contributed by atoms with E-state index in [-0.39, 0.29) is 11.8 Å². The smallest absolute Gasteiger partial charge is 0.224 e. The summed E-state index contributed by atoms with van der Waals surface area (Å²) in [7, 11) is 0. The lowest BCUT2D eigenvalue weighted by Gasteiger charge is -2.12. The predicted molar refractivity (Wildman–Crippen MR) is 87.1 cm³/mol. The zero-order chi connectivity index (χ0) is 15.1. The standard InChI is InChI=1S/C17H20N2OS/c1-13(11-18)12-21-16-9-5-4-8-15(16)19-17(20)10-14-6-2-3-7-14/h2,4-6,8-9,13-14H,3,7,10,12H2,1H3,(H,19,20)/t13-,14-/m1/s1. The van der Waals surface area contributed by atoms with Crippen LogP contribution in [0.4, 0.5) is 5.69 Å². The van der Waals surface area contributed by atoms with Crippen LogP contribution in [0.1, 0.15) is 26.2 Å². The highest BCUT2D eigenvalue weighted by atomic mass is 32.2. The number of hydrogen-bond donors (Lipinski definition) is 1. The normalized spacial score (nSPS) is 18.2. The third-order valence-corrected chi connectivity index (χ3v) is 4.76. The minimum absolute atomic E-state index is 0.00221. The van der Waals surface area contributed by atoms with Crippen molar-refractivity contribution < 1.29 is 4.79 Å². The van der Waals surface area contributed by atoms with E-state index in [9.17, 15) is 4.79 Å². The van der Waals surface area contributed by atoms with Gasteiger partial charge in [-0.05, 0) is 37.8 Å². The summed E-state index contributed by atoms with van der Waals surface area (Å²) in [4.78, 5) is 13.1. The van der Waals surface area contributed by atoms with Crippen molar-refractivity contribution in [1.29, 1.82) is 5.26 Å². The Morgan fingerprint density at radius 3 is 3.05 bits per heavy atom. The molecule has 1 aliphatic rings. The van der Waals surface area contributed by atoms with Crippen molar-refractivity contribution in [2.24, 2.45) is 11.8 Å². The molecule has 0 saturated carbocycles. The molecule has 0 aliphatic heterocycles. The van der Waals surface area contributed by atoms with Crippen LogP contribution in [0.25, 0.3) is 0 Å². The zero-order valence-corrected chi connectivity index (χ0v) is 13.0. The van der Waals surface area contributed by atoms with E-state index in [4.69, 9.17) is 5.26 Å². The van der Waals surface area contributed by atoms with E-state index in [0.717, 1.165) is 29.2 Å². The zero-order valence-electron chi connectivity index (χ0n) is 12.2. The number of nitrogens with one attached hydrogen (secondary N) is 1. The topological polar surface area (TPSA) is 52.9 Å². The Balaban J connectivity index is 1.94. The molecule has 0 spiro atoms. The molecule has 1 aliphatic carbocycles. The van der Waals surface area contributed by atoms with Crippen LogP contribution in [0, 0.1) is 23.2 Å². The van der Waals surface area contributed by atoms with Crippen molar-refractivity contribution >= 4 is 23.4 Å². The molecule has 0 radical (unpaired) electrons. The lowest BCUT2D eigenvalue weighted by atomic mass is 10.1. The fourth-order valence-electron chi connectivity index (χ4n) is 2.25. The molecule has 1 amide bonds. The molecule has 0 unspecified atom stereocenters. The summed E-state index contributed by atoms with van der Waals surface area (Å²) in [5.74, 6) is 1.17. The molecule has 0 heterocycles. The van der Waals surface area contributed by atoms with Gasteiger partial charge in [0.1, 0.15) is 0 Å². The Morgan fingerprint density at radius 1 is 1.52 bits per heavy atom. The molecule has 0 saturated heterocycles. The SMILES string of the molecule is C[C@H](C#N)CSc1ccccc1NC(=O)C[C@@H]1C=CCC1. The van der Waals surface area contributed by atoms with Gasteiger partial charge in [-0.3, -0.25) is 4.79 Å². The second-order valence-corrected chi connectivity index (χ2v) is 6.42. The van der Waals surface area contributed by atoms with Gasteiger partial charge in [0.2, 0.25) is 5.91 Å². The number of hydrogen-bond acceptors (Lipinski definition) is 3. The lowest BCUT2D eigenvalue weighted by Crippen LogP contribution is -2.15. The van der Waals surface area contributed by atoms with Crippen molar-refractivity contribution in [2.75, 3.05) is 11.1 Å². The van der Waals surface area contributed by atoms with E-state index in [2.05, 4.69) is 23.5 Å². The van der Waals surface area contributed by atoms with E-state index in [1.54, 1.807) is 11.8 Å². The molecule has 2 rings (SSSR count). The molecule has 1 aromatic rings. The number of allylic oxidation sites excluding steroid dienone is 2. The molecular weight excluding hydrogens is 280 g/mol. The van der Waals surface area contributed by atoms with Crippen LogP contribution in [0.3, 0.4) is 0 Å². The maximum atomic E-state index is 12.1. The van der Waals surface area contributed by atoms with Gasteiger partial charge in [0.05, 0.1) is 17.7 Å². The van der Waals surface area contributed by atoms with Crippen LogP contribution in [0.5, 0.6) is 0 Å². The number of carbonyl (C=O) groups excluding carboxylic acids is 1. The Hall–Kier alpha value is -1.73. The number of anilines is 1. The number of benzene rings is 1. The predicted octanol–water partition coefficient (Wildman–Crippen LogP) is 4.23. The molecule has 110 valence electrons. The molecule has 1 N–H and O–H groups in total. The fraction of sp³-hybridized carbons (Fsp3) is 0.412. The first-order valence-electron chi connectivity index (χ1n) is 7.27. The van der Waals surface area contributed by atoms with Crippen molar-refractivity contribution in [1.82, 2.24) is 0 Å². The highest BCUT2D eigenvalue weighted by Gasteiger charge is 2.15. The highest BCUT2D eigenvalue weighted by Crippen LogP contribution is 2.29. The summed E-state index contributed by atoms with van der Waals surface area (Å²) >= 11 is 1.61. The van der Waals surface area contributed by atoms with Crippen LogP contribution in [0.2, 0.25) is 0 Å². The monoisotopic (exact) mass is 300 g/mol. The quantitative estimate of drug-likeness (QED) is 0.631. The van der Waals surface area contributed by atoms with Gasteiger partial charge in [-0.1, -0.05) is 24.3 Å². The minimum Gasteiger partial charge on any atom is -0.325 e. The highest BCUT2D eigenvalue weighted by molar-refractivity contribution is 7.99. The van der Waals surface area contributed by atoms with Gasteiger partial charge in [0.15, 0.2) is 0 Å². The van der Waals surface area contributed by atoms with Crippen LogP contribution < -0.4 is 5.32 Å². The largest absolute Gasteiger partial charge is 0.325 e. The van der Waals surface area contributed by atoms with Gasteiger partial charge in [0.25, 0.3) is 0 Å². The van der Waals surface area contributed by atoms with Gasteiger partial charge in [-0.25, -0.2) is 0 Å². The van der Waals surface area contributed by atoms with Gasteiger partial charge < -0.3 is 5.32 Å². The number of thioether (sulfide) groups is 1. The Bertz CT molecular complexity index is 562. The first-order chi connectivity index (χ1) is 10.2. The van der Waals surface area contributed by atoms with Crippen LogP contribution in [-0.4, -0.2) is 11.7 Å². The van der Waals surface area contributed by atoms with E-state index in [0.29, 0.717) is 12.3 Å². The summed E-state index contributed by atoms with van der Waals surface area (Å²) in [6, 6.07) is 10.0. The number of amides is 1. The summed E-state index contributed by atoms with van der Waals surface area (Å²) in [6.45, 7) is 1.90. The molecule has 0 bridgehead atoms. The maximum Gasteiger partial charge on any atom is 0.224 e.